The van der Waals surface area contributed by atoms with Crippen LogP contribution in [0.3, 0.4) is 0 Å². The van der Waals surface area contributed by atoms with E-state index in [4.69, 9.17) is 14.2 Å². The van der Waals surface area contributed by atoms with Crippen LogP contribution in [0, 0.1) is 5.92 Å². The molecule has 2 aromatic carbocycles. The summed E-state index contributed by atoms with van der Waals surface area (Å²) in [5.41, 5.74) is 1.26. The summed E-state index contributed by atoms with van der Waals surface area (Å²) in [7, 11) is 2.98. The van der Waals surface area contributed by atoms with Gasteiger partial charge < -0.3 is 19.5 Å². The van der Waals surface area contributed by atoms with E-state index in [9.17, 15) is 9.59 Å². The molecule has 1 N–H and O–H groups in total. The van der Waals surface area contributed by atoms with Crippen LogP contribution >= 0.6 is 0 Å². The van der Waals surface area contributed by atoms with Gasteiger partial charge in [-0.2, -0.15) is 0 Å². The fourth-order valence-corrected chi connectivity index (χ4v) is 2.85. The molecule has 2 rings (SSSR count). The first-order valence-corrected chi connectivity index (χ1v) is 9.18. The normalized spacial score (nSPS) is 11.6. The van der Waals surface area contributed by atoms with Crippen molar-refractivity contribution < 1.29 is 23.8 Å². The average Bonchev–Trinajstić information content (AvgIpc) is 2.71. The molecular formula is C22H27NO5. The Morgan fingerprint density at radius 1 is 1.00 bits per heavy atom. The summed E-state index contributed by atoms with van der Waals surface area (Å²) in [4.78, 5) is 24.7. The second-order valence-corrected chi connectivity index (χ2v) is 6.80. The number of methoxy groups -OCH3 is 2. The summed E-state index contributed by atoms with van der Waals surface area (Å²) < 4.78 is 15.5. The molecule has 0 aliphatic rings. The lowest BCUT2D eigenvalue weighted by Crippen LogP contribution is -2.33. The van der Waals surface area contributed by atoms with Crippen LogP contribution in [-0.4, -0.2) is 32.7 Å². The number of esters is 1. The quantitative estimate of drug-likeness (QED) is 0.665. The molecule has 6 nitrogen and oxygen atoms in total. The van der Waals surface area contributed by atoms with Crippen molar-refractivity contribution in [2.45, 2.75) is 26.3 Å². The Bertz CT molecular complexity index is 789. The van der Waals surface area contributed by atoms with E-state index in [0.717, 1.165) is 12.0 Å². The zero-order valence-corrected chi connectivity index (χ0v) is 16.7. The summed E-state index contributed by atoms with van der Waals surface area (Å²) in [6.45, 7) is 3.82. The summed E-state index contributed by atoms with van der Waals surface area (Å²) in [5.74, 6) is 0.305. The first kappa shape index (κ1) is 21.3. The molecule has 0 unspecified atom stereocenters. The van der Waals surface area contributed by atoms with Gasteiger partial charge in [-0.05, 0) is 30.0 Å². The monoisotopic (exact) mass is 385 g/mol. The maximum atomic E-state index is 12.4. The second-order valence-electron chi connectivity index (χ2n) is 6.80. The van der Waals surface area contributed by atoms with E-state index in [2.05, 4.69) is 19.2 Å². The number of hydrogen-bond acceptors (Lipinski definition) is 5. The lowest BCUT2D eigenvalue weighted by atomic mass is 9.97. The van der Waals surface area contributed by atoms with Gasteiger partial charge in [-0.25, -0.2) is 4.79 Å². The van der Waals surface area contributed by atoms with Gasteiger partial charge in [-0.3, -0.25) is 4.79 Å². The van der Waals surface area contributed by atoms with Crippen molar-refractivity contribution in [2.24, 2.45) is 5.92 Å². The van der Waals surface area contributed by atoms with Gasteiger partial charge in [-0.1, -0.05) is 44.2 Å². The molecule has 0 saturated carbocycles. The fourth-order valence-electron chi connectivity index (χ4n) is 2.85. The first-order chi connectivity index (χ1) is 13.4. The molecule has 0 spiro atoms. The highest BCUT2D eigenvalue weighted by Crippen LogP contribution is 2.25. The van der Waals surface area contributed by atoms with Gasteiger partial charge in [0.05, 0.1) is 20.3 Å². The number of ether oxygens (including phenoxy) is 3. The number of rotatable bonds is 9. The minimum Gasteiger partial charge on any atom is -0.497 e. The maximum absolute atomic E-state index is 12.4. The molecule has 2 aromatic rings. The molecule has 0 bridgehead atoms. The van der Waals surface area contributed by atoms with Crippen LogP contribution in [0.15, 0.2) is 48.5 Å². The van der Waals surface area contributed by atoms with Crippen molar-refractivity contribution in [3.63, 3.8) is 0 Å². The van der Waals surface area contributed by atoms with Gasteiger partial charge in [0.15, 0.2) is 6.61 Å². The standard InChI is InChI=1S/C22H27NO5/c1-15(2)12-19(16-8-6-5-7-9-16)23-21(24)14-28-22(25)18-11-10-17(26-3)13-20(18)27-4/h5-11,13,15,19H,12,14H2,1-4H3,(H,23,24)/t19-/m1/s1. The van der Waals surface area contributed by atoms with Crippen molar-refractivity contribution in [2.75, 3.05) is 20.8 Å². The molecule has 0 aliphatic carbocycles. The van der Waals surface area contributed by atoms with Gasteiger partial charge in [0, 0.05) is 6.07 Å². The Labute approximate surface area is 165 Å². The van der Waals surface area contributed by atoms with Crippen LogP contribution < -0.4 is 14.8 Å². The third-order valence-electron chi connectivity index (χ3n) is 4.21. The molecule has 0 fully saturated rings. The molecule has 0 radical (unpaired) electrons. The predicted molar refractivity (Wildman–Crippen MR) is 107 cm³/mol. The summed E-state index contributed by atoms with van der Waals surface area (Å²) >= 11 is 0. The van der Waals surface area contributed by atoms with E-state index in [-0.39, 0.29) is 24.1 Å². The summed E-state index contributed by atoms with van der Waals surface area (Å²) in [6.07, 6.45) is 0.788. The Kier molecular flexibility index (Phi) is 7.87. The number of carbonyl (C=O) groups is 2. The Morgan fingerprint density at radius 3 is 2.32 bits per heavy atom. The minimum absolute atomic E-state index is 0.136. The molecule has 0 saturated heterocycles. The maximum Gasteiger partial charge on any atom is 0.342 e. The van der Waals surface area contributed by atoms with Gasteiger partial charge in [-0.15, -0.1) is 0 Å². The number of hydrogen-bond donors (Lipinski definition) is 1. The molecule has 28 heavy (non-hydrogen) atoms. The minimum atomic E-state index is -0.630. The highest BCUT2D eigenvalue weighted by Gasteiger charge is 2.19. The molecule has 0 heterocycles. The molecule has 1 atom stereocenters. The van der Waals surface area contributed by atoms with E-state index in [1.54, 1.807) is 18.2 Å². The Morgan fingerprint density at radius 2 is 1.71 bits per heavy atom. The Balaban J connectivity index is 1.99. The topological polar surface area (TPSA) is 73.9 Å². The smallest absolute Gasteiger partial charge is 0.342 e. The highest BCUT2D eigenvalue weighted by molar-refractivity contribution is 5.94. The van der Waals surface area contributed by atoms with Crippen molar-refractivity contribution in [1.29, 1.82) is 0 Å². The number of carbonyl (C=O) groups excluding carboxylic acids is 2. The van der Waals surface area contributed by atoms with Gasteiger partial charge in [0.1, 0.15) is 17.1 Å². The number of nitrogens with one attached hydrogen (secondary N) is 1. The van der Waals surface area contributed by atoms with Crippen molar-refractivity contribution in [3.05, 3.63) is 59.7 Å². The van der Waals surface area contributed by atoms with E-state index in [1.807, 2.05) is 30.3 Å². The van der Waals surface area contributed by atoms with Crippen molar-refractivity contribution in [1.82, 2.24) is 5.32 Å². The van der Waals surface area contributed by atoms with E-state index in [0.29, 0.717) is 17.4 Å². The lowest BCUT2D eigenvalue weighted by molar-refractivity contribution is -0.125. The number of benzene rings is 2. The highest BCUT2D eigenvalue weighted by atomic mass is 16.5. The zero-order valence-electron chi connectivity index (χ0n) is 16.7. The number of amides is 1. The van der Waals surface area contributed by atoms with Crippen LogP contribution in [0.5, 0.6) is 11.5 Å². The first-order valence-electron chi connectivity index (χ1n) is 9.18. The van der Waals surface area contributed by atoms with Crippen molar-refractivity contribution >= 4 is 11.9 Å². The SMILES string of the molecule is COc1ccc(C(=O)OCC(=O)N[C@H](CC(C)C)c2ccccc2)c(OC)c1. The summed E-state index contributed by atoms with van der Waals surface area (Å²) in [5, 5.41) is 2.95. The van der Waals surface area contributed by atoms with Crippen LogP contribution in [0.4, 0.5) is 0 Å². The van der Waals surface area contributed by atoms with E-state index in [1.165, 1.54) is 14.2 Å². The van der Waals surface area contributed by atoms with Gasteiger partial charge in [0.2, 0.25) is 0 Å². The molecular weight excluding hydrogens is 358 g/mol. The molecule has 1 amide bonds. The van der Waals surface area contributed by atoms with Crippen LogP contribution in [0.2, 0.25) is 0 Å². The summed E-state index contributed by atoms with van der Waals surface area (Å²) in [6, 6.07) is 14.4. The van der Waals surface area contributed by atoms with Crippen LogP contribution in [-0.2, 0) is 9.53 Å². The largest absolute Gasteiger partial charge is 0.497 e. The molecule has 150 valence electrons. The van der Waals surface area contributed by atoms with E-state index >= 15 is 0 Å². The van der Waals surface area contributed by atoms with Crippen LogP contribution in [0.1, 0.15) is 42.2 Å². The lowest BCUT2D eigenvalue weighted by Gasteiger charge is -2.21. The second kappa shape index (κ2) is 10.3. The van der Waals surface area contributed by atoms with E-state index < -0.39 is 5.97 Å². The molecule has 6 heteroatoms. The third-order valence-corrected chi connectivity index (χ3v) is 4.21. The fraction of sp³-hybridized carbons (Fsp3) is 0.364. The van der Waals surface area contributed by atoms with Gasteiger partial charge in [0.25, 0.3) is 5.91 Å². The molecule has 0 aliphatic heterocycles. The zero-order chi connectivity index (χ0) is 20.5. The average molecular weight is 385 g/mol. The Hall–Kier alpha value is -3.02. The van der Waals surface area contributed by atoms with Gasteiger partial charge >= 0.3 is 5.97 Å². The van der Waals surface area contributed by atoms with Crippen LogP contribution in [0.25, 0.3) is 0 Å². The predicted octanol–water partition coefficient (Wildman–Crippen LogP) is 3.76. The third kappa shape index (κ3) is 6.01. The van der Waals surface area contributed by atoms with Crippen molar-refractivity contribution in [3.8, 4) is 11.5 Å². The molecule has 0 aromatic heterocycles.